The minimum absolute atomic E-state index is 0.0697. The molecular formula is C16H19ClFN3O2. The number of nitrogens with one attached hydrogen (secondary N) is 2. The number of aromatic nitrogens is 1. The molecule has 0 aliphatic rings. The largest absolute Gasteiger partial charge is 0.360 e. The highest BCUT2D eigenvalue weighted by atomic mass is 35.5. The van der Waals surface area contributed by atoms with E-state index in [2.05, 4.69) is 22.7 Å². The Morgan fingerprint density at radius 2 is 2.13 bits per heavy atom. The van der Waals surface area contributed by atoms with Crippen LogP contribution < -0.4 is 10.6 Å². The first-order valence-corrected chi connectivity index (χ1v) is 7.83. The van der Waals surface area contributed by atoms with Crippen molar-refractivity contribution >= 4 is 17.5 Å². The van der Waals surface area contributed by atoms with Crippen molar-refractivity contribution in [2.24, 2.45) is 0 Å². The monoisotopic (exact) mass is 339 g/mol. The Kier molecular flexibility index (Phi) is 6.12. The summed E-state index contributed by atoms with van der Waals surface area (Å²) in [7, 11) is 0. The fourth-order valence-electron chi connectivity index (χ4n) is 2.19. The molecule has 2 N–H and O–H groups in total. The normalized spacial score (nSPS) is 10.8. The van der Waals surface area contributed by atoms with E-state index in [1.807, 2.05) is 0 Å². The van der Waals surface area contributed by atoms with Crippen molar-refractivity contribution in [1.82, 2.24) is 15.8 Å². The molecule has 7 heteroatoms. The van der Waals surface area contributed by atoms with Crippen LogP contribution in [0.25, 0.3) is 11.3 Å². The Balaban J connectivity index is 2.20. The van der Waals surface area contributed by atoms with Gasteiger partial charge in [-0.05, 0) is 32.0 Å². The van der Waals surface area contributed by atoms with Gasteiger partial charge >= 0.3 is 0 Å². The first kappa shape index (κ1) is 17.4. The van der Waals surface area contributed by atoms with Crippen LogP contribution in [0.15, 0.2) is 22.7 Å². The third-order valence-corrected chi connectivity index (χ3v) is 3.62. The molecule has 0 spiro atoms. The third kappa shape index (κ3) is 4.09. The van der Waals surface area contributed by atoms with Gasteiger partial charge in [-0.3, -0.25) is 4.79 Å². The van der Waals surface area contributed by atoms with Crippen LogP contribution in [0.1, 0.15) is 29.5 Å². The number of hydrogen-bond acceptors (Lipinski definition) is 4. The second-order valence-electron chi connectivity index (χ2n) is 5.06. The lowest BCUT2D eigenvalue weighted by Gasteiger charge is -2.08. The zero-order chi connectivity index (χ0) is 16.8. The van der Waals surface area contributed by atoms with Gasteiger partial charge in [0.1, 0.15) is 22.8 Å². The Labute approximate surface area is 139 Å². The van der Waals surface area contributed by atoms with Crippen LogP contribution in [0.4, 0.5) is 4.39 Å². The molecule has 0 radical (unpaired) electrons. The first-order chi connectivity index (χ1) is 11.1. The standard InChI is InChI=1S/C16H19ClFN3O2/c1-3-7-19-8-9-20-16(22)13-10(2)23-21-15(13)14-11(17)5-4-6-12(14)18/h4-6,19H,3,7-9H2,1-2H3,(H,20,22). The minimum Gasteiger partial charge on any atom is -0.360 e. The Bertz CT molecular complexity index is 668. The van der Waals surface area contributed by atoms with Gasteiger partial charge < -0.3 is 15.2 Å². The maximum absolute atomic E-state index is 14.1. The van der Waals surface area contributed by atoms with Gasteiger partial charge in [-0.15, -0.1) is 0 Å². The molecule has 1 amide bonds. The Hall–Kier alpha value is -1.92. The quantitative estimate of drug-likeness (QED) is 0.760. The smallest absolute Gasteiger partial charge is 0.257 e. The number of hydrogen-bond donors (Lipinski definition) is 2. The summed E-state index contributed by atoms with van der Waals surface area (Å²) in [5.74, 6) is -0.598. The summed E-state index contributed by atoms with van der Waals surface area (Å²) >= 11 is 6.05. The number of nitrogens with zero attached hydrogens (tertiary/aromatic N) is 1. The number of aryl methyl sites for hydroxylation is 1. The van der Waals surface area contributed by atoms with E-state index in [-0.39, 0.29) is 27.8 Å². The molecule has 1 heterocycles. The van der Waals surface area contributed by atoms with Crippen molar-refractivity contribution in [2.75, 3.05) is 19.6 Å². The zero-order valence-corrected chi connectivity index (χ0v) is 13.8. The molecule has 0 unspecified atom stereocenters. The summed E-state index contributed by atoms with van der Waals surface area (Å²) in [6, 6.07) is 4.30. The van der Waals surface area contributed by atoms with Gasteiger partial charge in [0.15, 0.2) is 0 Å². The summed E-state index contributed by atoms with van der Waals surface area (Å²) < 4.78 is 19.1. The number of amides is 1. The predicted molar refractivity (Wildman–Crippen MR) is 87.1 cm³/mol. The lowest BCUT2D eigenvalue weighted by atomic mass is 10.0. The Morgan fingerprint density at radius 1 is 1.35 bits per heavy atom. The zero-order valence-electron chi connectivity index (χ0n) is 13.1. The van der Waals surface area contributed by atoms with Crippen LogP contribution in [0.5, 0.6) is 0 Å². The van der Waals surface area contributed by atoms with Crippen molar-refractivity contribution in [2.45, 2.75) is 20.3 Å². The second-order valence-corrected chi connectivity index (χ2v) is 5.47. The van der Waals surface area contributed by atoms with E-state index in [0.29, 0.717) is 18.8 Å². The van der Waals surface area contributed by atoms with Crippen molar-refractivity contribution < 1.29 is 13.7 Å². The van der Waals surface area contributed by atoms with Gasteiger partial charge in [0.25, 0.3) is 5.91 Å². The molecule has 2 aromatic rings. The topological polar surface area (TPSA) is 67.2 Å². The summed E-state index contributed by atoms with van der Waals surface area (Å²) in [6.07, 6.45) is 1.02. The lowest BCUT2D eigenvalue weighted by Crippen LogP contribution is -2.32. The molecule has 5 nitrogen and oxygen atoms in total. The highest BCUT2D eigenvalue weighted by Crippen LogP contribution is 2.33. The van der Waals surface area contributed by atoms with Gasteiger partial charge in [-0.25, -0.2) is 4.39 Å². The minimum atomic E-state index is -0.551. The molecular weight excluding hydrogens is 321 g/mol. The molecule has 124 valence electrons. The van der Waals surface area contributed by atoms with E-state index in [1.54, 1.807) is 13.0 Å². The molecule has 0 fully saturated rings. The van der Waals surface area contributed by atoms with Crippen molar-refractivity contribution in [1.29, 1.82) is 0 Å². The van der Waals surface area contributed by atoms with Crippen molar-refractivity contribution in [3.8, 4) is 11.3 Å². The van der Waals surface area contributed by atoms with Gasteiger partial charge in [0.2, 0.25) is 0 Å². The molecule has 23 heavy (non-hydrogen) atoms. The first-order valence-electron chi connectivity index (χ1n) is 7.45. The van der Waals surface area contributed by atoms with Gasteiger partial charge in [0, 0.05) is 13.1 Å². The number of halogens is 2. The van der Waals surface area contributed by atoms with Gasteiger partial charge in [0.05, 0.1) is 10.6 Å². The second kappa shape index (κ2) is 8.08. The maximum Gasteiger partial charge on any atom is 0.257 e. The molecule has 0 aliphatic heterocycles. The van der Waals surface area contributed by atoms with E-state index in [0.717, 1.165) is 13.0 Å². The van der Waals surface area contributed by atoms with Crippen LogP contribution in [0.3, 0.4) is 0 Å². The summed E-state index contributed by atoms with van der Waals surface area (Å²) in [6.45, 7) is 5.66. The number of rotatable bonds is 7. The maximum atomic E-state index is 14.1. The molecule has 0 saturated carbocycles. The predicted octanol–water partition coefficient (Wildman–Crippen LogP) is 3.17. The summed E-state index contributed by atoms with van der Waals surface area (Å²) in [5.41, 5.74) is 0.386. The number of carbonyl (C=O) groups excluding carboxylic acids is 1. The summed E-state index contributed by atoms with van der Waals surface area (Å²) in [5, 5.41) is 9.94. The van der Waals surface area contributed by atoms with Gasteiger partial charge in [-0.1, -0.05) is 29.7 Å². The van der Waals surface area contributed by atoms with E-state index in [1.165, 1.54) is 12.1 Å². The number of carbonyl (C=O) groups is 1. The Morgan fingerprint density at radius 3 is 2.83 bits per heavy atom. The fourth-order valence-corrected chi connectivity index (χ4v) is 2.44. The van der Waals surface area contributed by atoms with Crippen LogP contribution in [-0.4, -0.2) is 30.7 Å². The van der Waals surface area contributed by atoms with E-state index < -0.39 is 5.82 Å². The van der Waals surface area contributed by atoms with E-state index in [9.17, 15) is 9.18 Å². The molecule has 0 bridgehead atoms. The lowest BCUT2D eigenvalue weighted by molar-refractivity contribution is 0.0953. The average molecular weight is 340 g/mol. The molecule has 1 aromatic heterocycles. The highest BCUT2D eigenvalue weighted by Gasteiger charge is 2.25. The third-order valence-electron chi connectivity index (χ3n) is 3.30. The fraction of sp³-hybridized carbons (Fsp3) is 0.375. The molecule has 2 rings (SSSR count). The van der Waals surface area contributed by atoms with Crippen molar-refractivity contribution in [3.63, 3.8) is 0 Å². The van der Waals surface area contributed by atoms with E-state index in [4.69, 9.17) is 16.1 Å². The molecule has 0 atom stereocenters. The van der Waals surface area contributed by atoms with E-state index >= 15 is 0 Å². The highest BCUT2D eigenvalue weighted by molar-refractivity contribution is 6.33. The molecule has 1 aromatic carbocycles. The van der Waals surface area contributed by atoms with Crippen LogP contribution in [-0.2, 0) is 0 Å². The number of benzene rings is 1. The average Bonchev–Trinajstić information content (AvgIpc) is 2.88. The van der Waals surface area contributed by atoms with Crippen LogP contribution >= 0.6 is 11.6 Å². The summed E-state index contributed by atoms with van der Waals surface area (Å²) in [4.78, 5) is 12.4. The van der Waals surface area contributed by atoms with Crippen molar-refractivity contribution in [3.05, 3.63) is 40.4 Å². The van der Waals surface area contributed by atoms with Crippen LogP contribution in [0.2, 0.25) is 5.02 Å². The van der Waals surface area contributed by atoms with Gasteiger partial charge in [-0.2, -0.15) is 0 Å². The molecule has 0 aliphatic carbocycles. The molecule has 0 saturated heterocycles. The SMILES string of the molecule is CCCNCCNC(=O)c1c(-c2c(F)cccc2Cl)noc1C. The van der Waals surface area contributed by atoms with Crippen LogP contribution in [0, 0.1) is 12.7 Å².